The van der Waals surface area contributed by atoms with Gasteiger partial charge in [-0.15, -0.1) is 0 Å². The zero-order valence-corrected chi connectivity index (χ0v) is 11.0. The summed E-state index contributed by atoms with van der Waals surface area (Å²) in [5.74, 6) is 0. The lowest BCUT2D eigenvalue weighted by Crippen LogP contribution is -2.23. The van der Waals surface area contributed by atoms with Crippen molar-refractivity contribution < 1.29 is 0 Å². The molecular formula is C14H19ClN2. The van der Waals surface area contributed by atoms with E-state index in [1.165, 1.54) is 36.9 Å². The first-order valence-corrected chi connectivity index (χ1v) is 6.88. The summed E-state index contributed by atoms with van der Waals surface area (Å²) in [5, 5.41) is 4.60. The fourth-order valence-corrected chi connectivity index (χ4v) is 2.85. The molecule has 1 N–H and O–H groups in total. The van der Waals surface area contributed by atoms with Gasteiger partial charge in [-0.2, -0.15) is 0 Å². The number of halogens is 1. The van der Waals surface area contributed by atoms with E-state index < -0.39 is 0 Å². The highest BCUT2D eigenvalue weighted by atomic mass is 35.5. The third-order valence-corrected chi connectivity index (χ3v) is 4.01. The van der Waals surface area contributed by atoms with Gasteiger partial charge in [0.2, 0.25) is 0 Å². The molecule has 2 nitrogen and oxygen atoms in total. The molecule has 92 valence electrons. The summed E-state index contributed by atoms with van der Waals surface area (Å²) in [6.07, 6.45) is 5.13. The molecule has 1 aromatic rings. The normalized spacial score (nSPS) is 24.4. The van der Waals surface area contributed by atoms with E-state index in [4.69, 9.17) is 11.6 Å². The first-order chi connectivity index (χ1) is 8.24. The summed E-state index contributed by atoms with van der Waals surface area (Å²) >= 11 is 6.15. The van der Waals surface area contributed by atoms with Crippen LogP contribution < -0.4 is 10.2 Å². The number of hydrogen-bond acceptors (Lipinski definition) is 2. The zero-order chi connectivity index (χ0) is 11.8. The van der Waals surface area contributed by atoms with Crippen molar-refractivity contribution in [1.29, 1.82) is 0 Å². The minimum atomic E-state index is 0.487. The van der Waals surface area contributed by atoms with E-state index >= 15 is 0 Å². The standard InChI is InChI=1S/C14H19ClN2/c1-17-8-2-3-13(16-11-5-6-11)12-9-10(15)4-7-14(12)17/h4,7,9,11,13,16H,2-3,5-6,8H2,1H3. The lowest BCUT2D eigenvalue weighted by molar-refractivity contribution is 0.494. The smallest absolute Gasteiger partial charge is 0.0413 e. The Kier molecular flexibility index (Phi) is 3.01. The van der Waals surface area contributed by atoms with Gasteiger partial charge in [0.05, 0.1) is 0 Å². The van der Waals surface area contributed by atoms with Crippen molar-refractivity contribution in [2.75, 3.05) is 18.5 Å². The fourth-order valence-electron chi connectivity index (χ4n) is 2.67. The molecule has 1 atom stereocenters. The highest BCUT2D eigenvalue weighted by Crippen LogP contribution is 2.36. The van der Waals surface area contributed by atoms with Gasteiger partial charge in [-0.25, -0.2) is 0 Å². The highest BCUT2D eigenvalue weighted by molar-refractivity contribution is 6.30. The molecule has 0 spiro atoms. The van der Waals surface area contributed by atoms with Crippen LogP contribution in [0.25, 0.3) is 0 Å². The van der Waals surface area contributed by atoms with Crippen molar-refractivity contribution in [3.05, 3.63) is 28.8 Å². The van der Waals surface area contributed by atoms with Crippen molar-refractivity contribution in [1.82, 2.24) is 5.32 Å². The van der Waals surface area contributed by atoms with E-state index in [0.29, 0.717) is 6.04 Å². The van der Waals surface area contributed by atoms with Crippen LogP contribution in [0.3, 0.4) is 0 Å². The molecule has 1 unspecified atom stereocenters. The van der Waals surface area contributed by atoms with Crippen LogP contribution >= 0.6 is 11.6 Å². The Balaban J connectivity index is 1.95. The Hall–Kier alpha value is -0.730. The van der Waals surface area contributed by atoms with Crippen molar-refractivity contribution >= 4 is 17.3 Å². The van der Waals surface area contributed by atoms with Gasteiger partial charge < -0.3 is 10.2 Å². The van der Waals surface area contributed by atoms with Gasteiger partial charge in [0.15, 0.2) is 0 Å². The van der Waals surface area contributed by atoms with Crippen LogP contribution in [-0.2, 0) is 0 Å². The summed E-state index contributed by atoms with van der Waals surface area (Å²) in [6, 6.07) is 7.52. The van der Waals surface area contributed by atoms with Gasteiger partial charge >= 0.3 is 0 Å². The third-order valence-electron chi connectivity index (χ3n) is 3.78. The molecule has 0 radical (unpaired) electrons. The second-order valence-electron chi connectivity index (χ2n) is 5.26. The predicted octanol–water partition coefficient (Wildman–Crippen LogP) is 3.36. The van der Waals surface area contributed by atoms with Gasteiger partial charge in [0.25, 0.3) is 0 Å². The second kappa shape index (κ2) is 4.51. The number of rotatable bonds is 2. The molecule has 17 heavy (non-hydrogen) atoms. The van der Waals surface area contributed by atoms with Gasteiger partial charge in [-0.05, 0) is 49.4 Å². The first kappa shape index (κ1) is 11.4. The van der Waals surface area contributed by atoms with Crippen LogP contribution in [0.4, 0.5) is 5.69 Å². The number of benzene rings is 1. The van der Waals surface area contributed by atoms with Crippen molar-refractivity contribution in [3.8, 4) is 0 Å². The molecule has 1 fully saturated rings. The molecule has 3 rings (SSSR count). The first-order valence-electron chi connectivity index (χ1n) is 6.50. The number of nitrogens with zero attached hydrogens (tertiary/aromatic N) is 1. The Labute approximate surface area is 108 Å². The molecule has 0 aromatic heterocycles. The van der Waals surface area contributed by atoms with Crippen LogP contribution in [0.15, 0.2) is 18.2 Å². The minimum absolute atomic E-state index is 0.487. The van der Waals surface area contributed by atoms with Crippen molar-refractivity contribution in [2.45, 2.75) is 37.8 Å². The van der Waals surface area contributed by atoms with Crippen LogP contribution in [0.2, 0.25) is 5.02 Å². The molecule has 0 saturated heterocycles. The molecule has 3 heteroatoms. The molecule has 1 aliphatic heterocycles. The minimum Gasteiger partial charge on any atom is -0.374 e. The lowest BCUT2D eigenvalue weighted by atomic mass is 10.0. The van der Waals surface area contributed by atoms with Crippen molar-refractivity contribution in [2.24, 2.45) is 0 Å². The fraction of sp³-hybridized carbons (Fsp3) is 0.571. The second-order valence-corrected chi connectivity index (χ2v) is 5.70. The van der Waals surface area contributed by atoms with E-state index in [1.54, 1.807) is 0 Å². The predicted molar refractivity (Wildman–Crippen MR) is 72.9 cm³/mol. The number of nitrogens with one attached hydrogen (secondary N) is 1. The van der Waals surface area contributed by atoms with Crippen LogP contribution in [0.5, 0.6) is 0 Å². The average molecular weight is 251 g/mol. The quantitative estimate of drug-likeness (QED) is 0.866. The number of hydrogen-bond donors (Lipinski definition) is 1. The molecule has 1 aliphatic carbocycles. The molecule has 0 bridgehead atoms. The van der Waals surface area contributed by atoms with Gasteiger partial charge in [0, 0.05) is 36.4 Å². The van der Waals surface area contributed by atoms with Crippen LogP contribution in [-0.4, -0.2) is 19.6 Å². The van der Waals surface area contributed by atoms with Gasteiger partial charge in [-0.1, -0.05) is 11.6 Å². The molecule has 1 saturated carbocycles. The maximum Gasteiger partial charge on any atom is 0.0413 e. The third kappa shape index (κ3) is 2.43. The Morgan fingerprint density at radius 2 is 2.12 bits per heavy atom. The molecule has 1 heterocycles. The maximum atomic E-state index is 6.15. The maximum absolute atomic E-state index is 6.15. The van der Waals surface area contributed by atoms with Gasteiger partial charge in [0.1, 0.15) is 0 Å². The zero-order valence-electron chi connectivity index (χ0n) is 10.2. The Morgan fingerprint density at radius 3 is 2.88 bits per heavy atom. The van der Waals surface area contributed by atoms with Crippen molar-refractivity contribution in [3.63, 3.8) is 0 Å². The van der Waals surface area contributed by atoms with E-state index in [0.717, 1.165) is 17.6 Å². The molecule has 1 aromatic carbocycles. The summed E-state index contributed by atoms with van der Waals surface area (Å²) in [5.41, 5.74) is 2.72. The van der Waals surface area contributed by atoms with Gasteiger partial charge in [-0.3, -0.25) is 0 Å². The Bertz CT molecular complexity index is 415. The number of fused-ring (bicyclic) bond motifs is 1. The average Bonchev–Trinajstić information content (AvgIpc) is 3.11. The SMILES string of the molecule is CN1CCCC(NC2CC2)c2cc(Cl)ccc21. The van der Waals surface area contributed by atoms with Crippen LogP contribution in [0, 0.1) is 0 Å². The van der Waals surface area contributed by atoms with E-state index in [2.05, 4.69) is 29.4 Å². The largest absolute Gasteiger partial charge is 0.374 e. The van der Waals surface area contributed by atoms with Crippen LogP contribution in [0.1, 0.15) is 37.3 Å². The van der Waals surface area contributed by atoms with E-state index in [1.807, 2.05) is 6.07 Å². The summed E-state index contributed by atoms with van der Waals surface area (Å²) in [7, 11) is 2.17. The monoisotopic (exact) mass is 250 g/mol. The summed E-state index contributed by atoms with van der Waals surface area (Å²) in [4.78, 5) is 2.35. The lowest BCUT2D eigenvalue weighted by Gasteiger charge is -2.22. The molecule has 0 amide bonds. The highest BCUT2D eigenvalue weighted by Gasteiger charge is 2.28. The van der Waals surface area contributed by atoms with E-state index in [-0.39, 0.29) is 0 Å². The Morgan fingerprint density at radius 1 is 1.29 bits per heavy atom. The summed E-state index contributed by atoms with van der Waals surface area (Å²) < 4.78 is 0. The topological polar surface area (TPSA) is 15.3 Å². The van der Waals surface area contributed by atoms with E-state index in [9.17, 15) is 0 Å². The summed E-state index contributed by atoms with van der Waals surface area (Å²) in [6.45, 7) is 1.14. The molecular weight excluding hydrogens is 232 g/mol. The number of anilines is 1. The molecule has 2 aliphatic rings.